The predicted molar refractivity (Wildman–Crippen MR) is 33.9 cm³/mol. The molecular weight excluding hydrogens is 223 g/mol. The molecule has 13 heavy (non-hydrogen) atoms. The molecule has 0 N–H and O–H groups in total. The molecule has 3 nitrogen and oxygen atoms in total. The lowest BCUT2D eigenvalue weighted by Crippen LogP contribution is -2.18. The van der Waals surface area contributed by atoms with Gasteiger partial charge < -0.3 is 0 Å². The summed E-state index contributed by atoms with van der Waals surface area (Å²) in [5.74, 6) is 0. The maximum Gasteiger partial charge on any atom is 0.450 e. The van der Waals surface area contributed by atoms with Crippen LogP contribution in [0.4, 0.5) is 22.0 Å². The standard InChI is InChI=1S/C2HF5.C2H6O3S/c3-1(4)2(5,6)7;1-5-6(2,3)4/h1H;1-2H3. The lowest BCUT2D eigenvalue weighted by atomic mass is 10.7. The Morgan fingerprint density at radius 3 is 1.38 bits per heavy atom. The van der Waals surface area contributed by atoms with Gasteiger partial charge in [-0.3, -0.25) is 4.18 Å². The van der Waals surface area contributed by atoms with Crippen molar-refractivity contribution in [1.82, 2.24) is 0 Å². The van der Waals surface area contributed by atoms with Crippen molar-refractivity contribution >= 4 is 10.1 Å². The second-order valence-electron chi connectivity index (χ2n) is 1.71. The average Bonchev–Trinajstić information content (AvgIpc) is 1.85. The van der Waals surface area contributed by atoms with Gasteiger partial charge in [0.1, 0.15) is 0 Å². The van der Waals surface area contributed by atoms with E-state index in [1.165, 1.54) is 0 Å². The summed E-state index contributed by atoms with van der Waals surface area (Å²) in [6.07, 6.45) is -8.54. The van der Waals surface area contributed by atoms with E-state index in [1.807, 2.05) is 0 Å². The highest BCUT2D eigenvalue weighted by Crippen LogP contribution is 2.22. The van der Waals surface area contributed by atoms with Crippen molar-refractivity contribution in [2.45, 2.75) is 12.6 Å². The largest absolute Gasteiger partial charge is 0.450 e. The van der Waals surface area contributed by atoms with Crippen LogP contribution in [0.15, 0.2) is 0 Å². The number of alkyl halides is 5. The van der Waals surface area contributed by atoms with Gasteiger partial charge in [-0.2, -0.15) is 21.6 Å². The van der Waals surface area contributed by atoms with Crippen molar-refractivity contribution in [2.24, 2.45) is 0 Å². The van der Waals surface area contributed by atoms with Crippen LogP contribution in [0.5, 0.6) is 0 Å². The molecule has 0 radical (unpaired) electrons. The Hall–Kier alpha value is -0.440. The van der Waals surface area contributed by atoms with Gasteiger partial charge in [0.15, 0.2) is 0 Å². The number of hydrogen-bond donors (Lipinski definition) is 0. The molecule has 0 spiro atoms. The molecule has 0 unspecified atom stereocenters. The fraction of sp³-hybridized carbons (Fsp3) is 1.00. The molecule has 0 rings (SSSR count). The summed E-state index contributed by atoms with van der Waals surface area (Å²) in [7, 11) is -2.04. The summed E-state index contributed by atoms with van der Waals surface area (Å²) in [5, 5.41) is 0. The lowest BCUT2D eigenvalue weighted by Gasteiger charge is -2.00. The van der Waals surface area contributed by atoms with Gasteiger partial charge in [0.2, 0.25) is 0 Å². The molecule has 0 saturated heterocycles. The van der Waals surface area contributed by atoms with Gasteiger partial charge in [0.25, 0.3) is 10.1 Å². The van der Waals surface area contributed by atoms with Crippen LogP contribution in [0.2, 0.25) is 0 Å². The minimum Gasteiger partial charge on any atom is -0.274 e. The van der Waals surface area contributed by atoms with Gasteiger partial charge >= 0.3 is 12.6 Å². The highest BCUT2D eigenvalue weighted by Gasteiger charge is 2.40. The van der Waals surface area contributed by atoms with Gasteiger partial charge in [0.05, 0.1) is 13.4 Å². The Balaban J connectivity index is 0. The highest BCUT2D eigenvalue weighted by molar-refractivity contribution is 7.85. The first kappa shape index (κ1) is 15.1. The summed E-state index contributed by atoms with van der Waals surface area (Å²) >= 11 is 0. The minimum absolute atomic E-state index is 0.993. The van der Waals surface area contributed by atoms with Crippen molar-refractivity contribution in [1.29, 1.82) is 0 Å². The molecule has 0 saturated carbocycles. The van der Waals surface area contributed by atoms with E-state index in [4.69, 9.17) is 0 Å². The Morgan fingerprint density at radius 2 is 1.38 bits per heavy atom. The van der Waals surface area contributed by atoms with Gasteiger partial charge in [-0.1, -0.05) is 0 Å². The van der Waals surface area contributed by atoms with Crippen LogP contribution < -0.4 is 0 Å². The third kappa shape index (κ3) is 14.4. The van der Waals surface area contributed by atoms with Crippen molar-refractivity contribution < 1.29 is 34.6 Å². The summed E-state index contributed by atoms with van der Waals surface area (Å²) in [6, 6.07) is 0. The molecule has 0 aromatic rings. The maximum atomic E-state index is 10.4. The molecule has 0 aliphatic carbocycles. The Labute approximate surface area is 71.6 Å². The van der Waals surface area contributed by atoms with E-state index in [0.29, 0.717) is 0 Å². The zero-order valence-corrected chi connectivity index (χ0v) is 7.42. The van der Waals surface area contributed by atoms with Gasteiger partial charge in [-0.25, -0.2) is 8.78 Å². The van der Waals surface area contributed by atoms with Crippen molar-refractivity contribution in [3.8, 4) is 0 Å². The normalized spacial score (nSPS) is 12.3. The van der Waals surface area contributed by atoms with E-state index < -0.39 is 22.7 Å². The lowest BCUT2D eigenvalue weighted by molar-refractivity contribution is -0.219. The van der Waals surface area contributed by atoms with Crippen molar-refractivity contribution in [2.75, 3.05) is 13.4 Å². The smallest absolute Gasteiger partial charge is 0.274 e. The van der Waals surface area contributed by atoms with Crippen LogP contribution in [-0.4, -0.2) is 34.4 Å². The van der Waals surface area contributed by atoms with Crippen LogP contribution in [0.3, 0.4) is 0 Å². The van der Waals surface area contributed by atoms with Crippen LogP contribution >= 0.6 is 0 Å². The van der Waals surface area contributed by atoms with Gasteiger partial charge in [-0.15, -0.1) is 0 Å². The van der Waals surface area contributed by atoms with E-state index in [-0.39, 0.29) is 0 Å². The fourth-order valence-corrected chi connectivity index (χ4v) is 0. The van der Waals surface area contributed by atoms with Crippen molar-refractivity contribution in [3.63, 3.8) is 0 Å². The van der Waals surface area contributed by atoms with Crippen LogP contribution in [0.25, 0.3) is 0 Å². The van der Waals surface area contributed by atoms with Crippen LogP contribution in [-0.2, 0) is 14.3 Å². The second kappa shape index (κ2) is 5.32. The first-order valence-electron chi connectivity index (χ1n) is 2.61. The second-order valence-corrected chi connectivity index (χ2v) is 3.45. The molecule has 0 bridgehead atoms. The molecule has 0 amide bonds. The van der Waals surface area contributed by atoms with Crippen LogP contribution in [0, 0.1) is 0 Å². The molecule has 0 heterocycles. The zero-order valence-electron chi connectivity index (χ0n) is 6.60. The molecule has 0 aliphatic rings. The first-order chi connectivity index (χ1) is 5.50. The molecule has 0 aliphatic heterocycles. The number of rotatable bonds is 1. The van der Waals surface area contributed by atoms with E-state index in [1.54, 1.807) is 0 Å². The zero-order chi connectivity index (χ0) is 11.3. The Morgan fingerprint density at radius 1 is 1.23 bits per heavy atom. The third-order valence-electron chi connectivity index (χ3n) is 0.550. The fourth-order valence-electron chi connectivity index (χ4n) is 0. The quantitative estimate of drug-likeness (QED) is 0.505. The Bertz CT molecular complexity index is 218. The number of hydrogen-bond acceptors (Lipinski definition) is 3. The molecule has 0 fully saturated rings. The van der Waals surface area contributed by atoms with Gasteiger partial charge in [0, 0.05) is 0 Å². The molecule has 0 aromatic carbocycles. The third-order valence-corrected chi connectivity index (χ3v) is 1.16. The van der Waals surface area contributed by atoms with E-state index in [9.17, 15) is 30.4 Å². The van der Waals surface area contributed by atoms with Crippen molar-refractivity contribution in [3.05, 3.63) is 0 Å². The minimum atomic E-state index is -5.33. The molecule has 0 aromatic heterocycles. The van der Waals surface area contributed by atoms with Crippen LogP contribution in [0.1, 0.15) is 0 Å². The monoisotopic (exact) mass is 230 g/mol. The number of halogens is 5. The maximum absolute atomic E-state index is 10.4. The van der Waals surface area contributed by atoms with E-state index in [0.717, 1.165) is 13.4 Å². The SMILES string of the molecule is COS(C)(=O)=O.FC(F)C(F)(F)F. The van der Waals surface area contributed by atoms with Gasteiger partial charge in [-0.05, 0) is 0 Å². The molecule has 9 heteroatoms. The molecule has 0 atom stereocenters. The summed E-state index contributed by atoms with van der Waals surface area (Å²) in [5.41, 5.74) is 0. The summed E-state index contributed by atoms with van der Waals surface area (Å²) < 4.78 is 75.6. The Kier molecular flexibility index (Phi) is 6.16. The summed E-state index contributed by atoms with van der Waals surface area (Å²) in [4.78, 5) is 0. The topological polar surface area (TPSA) is 43.4 Å². The van der Waals surface area contributed by atoms with E-state index >= 15 is 0 Å². The first-order valence-corrected chi connectivity index (χ1v) is 4.43. The average molecular weight is 230 g/mol. The summed E-state index contributed by atoms with van der Waals surface area (Å²) in [6.45, 7) is 0. The van der Waals surface area contributed by atoms with E-state index in [2.05, 4.69) is 4.18 Å². The molecular formula is C4H7F5O3S. The highest BCUT2D eigenvalue weighted by atomic mass is 32.2. The predicted octanol–water partition coefficient (Wildman–Crippen LogP) is 1.41. The molecule has 82 valence electrons.